The van der Waals surface area contributed by atoms with E-state index in [1.54, 1.807) is 0 Å². The van der Waals surface area contributed by atoms with Crippen molar-refractivity contribution in [2.24, 2.45) is 0 Å². The highest BCUT2D eigenvalue weighted by Gasteiger charge is 2.08. The second kappa shape index (κ2) is 3.29. The van der Waals surface area contributed by atoms with E-state index >= 15 is 0 Å². The Labute approximate surface area is 59.6 Å². The van der Waals surface area contributed by atoms with Gasteiger partial charge in [-0.3, -0.25) is 0 Å². The second-order valence-electron chi connectivity index (χ2n) is 2.40. The largest absolute Gasteiger partial charge is 0.222 e. The molecule has 0 radical (unpaired) electrons. The average Bonchev–Trinajstić information content (AvgIpc) is 2.38. The standard InChI is InChI=1S/C6H11N3O/c1-3-4-5(2)6-7-9-10-8-6/h5H,3-4H2,1-2H3. The first-order valence-electron chi connectivity index (χ1n) is 3.49. The number of rotatable bonds is 3. The zero-order valence-corrected chi connectivity index (χ0v) is 6.24. The van der Waals surface area contributed by atoms with Gasteiger partial charge in [-0.2, -0.15) is 0 Å². The first-order valence-corrected chi connectivity index (χ1v) is 3.49. The van der Waals surface area contributed by atoms with Crippen LogP contribution in [0, 0.1) is 0 Å². The van der Waals surface area contributed by atoms with Crippen molar-refractivity contribution >= 4 is 0 Å². The SMILES string of the molecule is CCCC(C)c1nnon1. The molecule has 0 N–H and O–H groups in total. The van der Waals surface area contributed by atoms with Crippen LogP contribution < -0.4 is 0 Å². The van der Waals surface area contributed by atoms with Crippen LogP contribution in [0.25, 0.3) is 0 Å². The molecule has 4 heteroatoms. The Kier molecular flexibility index (Phi) is 2.36. The number of hydrogen-bond acceptors (Lipinski definition) is 4. The lowest BCUT2D eigenvalue weighted by molar-refractivity contribution is 0.289. The van der Waals surface area contributed by atoms with Crippen LogP contribution in [0.5, 0.6) is 0 Å². The van der Waals surface area contributed by atoms with E-state index in [4.69, 9.17) is 0 Å². The maximum absolute atomic E-state index is 4.37. The van der Waals surface area contributed by atoms with Crippen LogP contribution in [0.2, 0.25) is 0 Å². The van der Waals surface area contributed by atoms with E-state index in [-0.39, 0.29) is 0 Å². The van der Waals surface area contributed by atoms with Crippen LogP contribution in [-0.4, -0.2) is 15.5 Å². The van der Waals surface area contributed by atoms with Crippen LogP contribution in [0.1, 0.15) is 38.4 Å². The van der Waals surface area contributed by atoms with Crippen molar-refractivity contribution < 1.29 is 4.63 Å². The van der Waals surface area contributed by atoms with Crippen molar-refractivity contribution in [3.8, 4) is 0 Å². The Balaban J connectivity index is 2.50. The highest BCUT2D eigenvalue weighted by atomic mass is 16.6. The van der Waals surface area contributed by atoms with Gasteiger partial charge in [0.2, 0.25) is 0 Å². The highest BCUT2D eigenvalue weighted by molar-refractivity contribution is 4.85. The molecule has 0 aliphatic carbocycles. The molecule has 0 aliphatic heterocycles. The second-order valence-corrected chi connectivity index (χ2v) is 2.40. The maximum atomic E-state index is 4.37. The van der Waals surface area contributed by atoms with Crippen LogP contribution in [-0.2, 0) is 0 Å². The minimum Gasteiger partial charge on any atom is -0.222 e. The zero-order chi connectivity index (χ0) is 7.40. The van der Waals surface area contributed by atoms with E-state index in [1.165, 1.54) is 0 Å². The Morgan fingerprint density at radius 3 is 2.90 bits per heavy atom. The van der Waals surface area contributed by atoms with Gasteiger partial charge < -0.3 is 0 Å². The predicted octanol–water partition coefficient (Wildman–Crippen LogP) is 1.37. The van der Waals surface area contributed by atoms with Crippen LogP contribution in [0.4, 0.5) is 0 Å². The van der Waals surface area contributed by atoms with Crippen molar-refractivity contribution in [1.82, 2.24) is 15.5 Å². The summed E-state index contributed by atoms with van der Waals surface area (Å²) in [5, 5.41) is 10.6. The molecular formula is C6H11N3O. The molecule has 10 heavy (non-hydrogen) atoms. The third-order valence-electron chi connectivity index (χ3n) is 1.48. The summed E-state index contributed by atoms with van der Waals surface area (Å²) in [6.45, 7) is 4.19. The zero-order valence-electron chi connectivity index (χ0n) is 6.24. The molecule has 0 aromatic carbocycles. The van der Waals surface area contributed by atoms with Gasteiger partial charge in [0.05, 0.1) is 5.27 Å². The number of aromatic nitrogens is 3. The average molecular weight is 141 g/mol. The van der Waals surface area contributed by atoms with Gasteiger partial charge in [0.1, 0.15) is 0 Å². The highest BCUT2D eigenvalue weighted by Crippen LogP contribution is 2.14. The van der Waals surface area contributed by atoms with E-state index in [2.05, 4.69) is 34.0 Å². The Morgan fingerprint density at radius 2 is 2.40 bits per heavy atom. The lowest BCUT2D eigenvalue weighted by Gasteiger charge is -2.00. The topological polar surface area (TPSA) is 51.8 Å². The third kappa shape index (κ3) is 1.52. The van der Waals surface area contributed by atoms with Crippen LogP contribution >= 0.6 is 0 Å². The van der Waals surface area contributed by atoms with Gasteiger partial charge in [-0.05, 0) is 11.6 Å². The minimum atomic E-state index is 0.372. The number of hydrogen-bond donors (Lipinski definition) is 0. The fourth-order valence-corrected chi connectivity index (χ4v) is 0.889. The van der Waals surface area contributed by atoms with Crippen molar-refractivity contribution in [1.29, 1.82) is 0 Å². The van der Waals surface area contributed by atoms with E-state index in [1.807, 2.05) is 0 Å². The summed E-state index contributed by atoms with van der Waals surface area (Å²) in [5.74, 6) is 1.08. The van der Waals surface area contributed by atoms with Crippen molar-refractivity contribution in [2.45, 2.75) is 32.6 Å². The van der Waals surface area contributed by atoms with Gasteiger partial charge in [0.25, 0.3) is 0 Å². The lowest BCUT2D eigenvalue weighted by Crippen LogP contribution is -1.94. The van der Waals surface area contributed by atoms with E-state index in [0.29, 0.717) is 11.7 Å². The molecule has 0 saturated carbocycles. The first-order chi connectivity index (χ1) is 4.84. The summed E-state index contributed by atoms with van der Waals surface area (Å²) >= 11 is 0. The molecule has 1 aromatic rings. The van der Waals surface area contributed by atoms with E-state index < -0.39 is 0 Å². The monoisotopic (exact) mass is 141 g/mol. The molecule has 0 saturated heterocycles. The summed E-state index contributed by atoms with van der Waals surface area (Å²) in [6, 6.07) is 0. The fraction of sp³-hybridized carbons (Fsp3) is 0.833. The normalized spacial score (nSPS) is 13.4. The van der Waals surface area contributed by atoms with Gasteiger partial charge >= 0.3 is 0 Å². The summed E-state index contributed by atoms with van der Waals surface area (Å²) in [4.78, 5) is 0. The minimum absolute atomic E-state index is 0.372. The van der Waals surface area contributed by atoms with Gasteiger partial charge in [-0.25, -0.2) is 4.63 Å². The Morgan fingerprint density at radius 1 is 1.60 bits per heavy atom. The Hall–Kier alpha value is -0.930. The van der Waals surface area contributed by atoms with Gasteiger partial charge in [-0.15, -0.1) is 0 Å². The molecule has 0 spiro atoms. The molecular weight excluding hydrogens is 130 g/mol. The summed E-state index contributed by atoms with van der Waals surface area (Å²) < 4.78 is 4.37. The van der Waals surface area contributed by atoms with Gasteiger partial charge in [-0.1, -0.05) is 25.4 Å². The molecule has 1 unspecified atom stereocenters. The van der Waals surface area contributed by atoms with Crippen LogP contribution in [0.15, 0.2) is 4.63 Å². The summed E-state index contributed by atoms with van der Waals surface area (Å²) in [5.41, 5.74) is 0. The molecule has 0 amide bonds. The van der Waals surface area contributed by atoms with E-state index in [9.17, 15) is 0 Å². The molecule has 4 nitrogen and oxygen atoms in total. The molecule has 1 heterocycles. The van der Waals surface area contributed by atoms with Crippen molar-refractivity contribution in [2.75, 3.05) is 0 Å². The summed E-state index contributed by atoms with van der Waals surface area (Å²) in [7, 11) is 0. The van der Waals surface area contributed by atoms with Crippen LogP contribution in [0.3, 0.4) is 0 Å². The Bertz CT molecular complexity index is 173. The predicted molar refractivity (Wildman–Crippen MR) is 35.4 cm³/mol. The number of nitrogens with zero attached hydrogens (tertiary/aromatic N) is 3. The van der Waals surface area contributed by atoms with Crippen molar-refractivity contribution in [3.63, 3.8) is 0 Å². The summed E-state index contributed by atoms with van der Waals surface area (Å²) in [6.07, 6.45) is 2.22. The fourth-order valence-electron chi connectivity index (χ4n) is 0.889. The third-order valence-corrected chi connectivity index (χ3v) is 1.48. The quantitative estimate of drug-likeness (QED) is 0.637. The smallest absolute Gasteiger partial charge is 0.199 e. The van der Waals surface area contributed by atoms with E-state index in [0.717, 1.165) is 12.8 Å². The van der Waals surface area contributed by atoms with Gasteiger partial charge in [0.15, 0.2) is 5.82 Å². The molecule has 56 valence electrons. The molecule has 0 fully saturated rings. The molecule has 1 aromatic heterocycles. The van der Waals surface area contributed by atoms with Crippen molar-refractivity contribution in [3.05, 3.63) is 5.82 Å². The molecule has 0 bridgehead atoms. The maximum Gasteiger partial charge on any atom is 0.199 e. The molecule has 1 rings (SSSR count). The molecule has 1 atom stereocenters. The molecule has 0 aliphatic rings. The first kappa shape index (κ1) is 7.18. The van der Waals surface area contributed by atoms with Gasteiger partial charge in [0, 0.05) is 5.92 Å². The lowest BCUT2D eigenvalue weighted by atomic mass is 10.1.